The lowest BCUT2D eigenvalue weighted by Gasteiger charge is -2.57. The number of hydrogen-bond donors (Lipinski definition) is 3. The molecular weight excluding hydrogens is 460 g/mol. The predicted octanol–water partition coefficient (Wildman–Crippen LogP) is 3.00. The number of carbonyl (C=O) groups excluding carboxylic acids is 1. The van der Waals surface area contributed by atoms with Gasteiger partial charge in [-0.2, -0.15) is 18.2 Å². The highest BCUT2D eigenvalue weighted by molar-refractivity contribution is 7.85. The Morgan fingerprint density at radius 2 is 1.59 bits per heavy atom. The van der Waals surface area contributed by atoms with E-state index in [1.54, 1.807) is 0 Å². The first kappa shape index (κ1) is 26.3. The van der Waals surface area contributed by atoms with E-state index >= 15 is 0 Å². The number of amides is 1. The summed E-state index contributed by atoms with van der Waals surface area (Å²) in [7, 11) is -3.67. The summed E-state index contributed by atoms with van der Waals surface area (Å²) in [5, 5.41) is 3.06. The van der Waals surface area contributed by atoms with E-state index in [-0.39, 0.29) is 11.3 Å². The average molecular weight is 503 g/mol. The number of carbonyl (C=O) groups is 1. The second-order valence-electron chi connectivity index (χ2n) is 12.2. The van der Waals surface area contributed by atoms with Crippen LogP contribution in [0, 0.1) is 35.0 Å². The van der Waals surface area contributed by atoms with E-state index in [1.165, 1.54) is 32.1 Å². The first-order chi connectivity index (χ1) is 15.8. The molecule has 6 aliphatic rings. The van der Waals surface area contributed by atoms with Crippen molar-refractivity contribution < 1.29 is 32.3 Å². The molecular formula is C24H42N2O7S. The van der Waals surface area contributed by atoms with Gasteiger partial charge in [0.1, 0.15) is 0 Å². The first-order valence-corrected chi connectivity index (χ1v) is 14.6. The zero-order valence-electron chi connectivity index (χ0n) is 20.8. The van der Waals surface area contributed by atoms with Crippen LogP contribution in [-0.2, 0) is 29.4 Å². The fourth-order valence-electron chi connectivity index (χ4n) is 6.86. The van der Waals surface area contributed by atoms with Gasteiger partial charge >= 0.3 is 0 Å². The smallest absolute Gasteiger partial charge is 0.261 e. The van der Waals surface area contributed by atoms with Gasteiger partial charge in [-0.25, -0.2) is 0 Å². The minimum absolute atomic E-state index is 0.0534. The van der Waals surface area contributed by atoms with Gasteiger partial charge in [-0.05, 0) is 74.7 Å². The Morgan fingerprint density at radius 1 is 1.06 bits per heavy atom. The second kappa shape index (κ2) is 9.59. The zero-order valence-corrected chi connectivity index (χ0v) is 21.6. The van der Waals surface area contributed by atoms with E-state index in [1.807, 2.05) is 0 Å². The molecule has 2 spiro atoms. The van der Waals surface area contributed by atoms with Gasteiger partial charge in [-0.15, -0.1) is 0 Å². The molecule has 0 aromatic carbocycles. The third-order valence-electron chi connectivity index (χ3n) is 8.60. The maximum absolute atomic E-state index is 12.4. The number of nitrogens with one attached hydrogen (secondary N) is 1. The fourth-order valence-corrected chi connectivity index (χ4v) is 6.86. The molecule has 1 saturated heterocycles. The van der Waals surface area contributed by atoms with Crippen molar-refractivity contribution in [3.05, 3.63) is 0 Å². The van der Waals surface area contributed by atoms with Crippen molar-refractivity contribution in [2.24, 2.45) is 40.7 Å². The molecule has 1 aliphatic heterocycles. The third-order valence-corrected chi connectivity index (χ3v) is 8.60. The van der Waals surface area contributed by atoms with Crippen LogP contribution >= 0.6 is 0 Å². The van der Waals surface area contributed by atoms with Crippen molar-refractivity contribution in [2.75, 3.05) is 19.3 Å². The highest BCUT2D eigenvalue weighted by atomic mass is 32.2. The van der Waals surface area contributed by atoms with Crippen LogP contribution in [0.1, 0.15) is 78.1 Å². The Balaban J connectivity index is 0.000000499. The minimum Gasteiger partial charge on any atom is -0.356 e. The highest BCUT2D eigenvalue weighted by Crippen LogP contribution is 2.63. The van der Waals surface area contributed by atoms with E-state index in [0.717, 1.165) is 37.5 Å². The van der Waals surface area contributed by atoms with Crippen LogP contribution in [0.15, 0.2) is 0 Å². The van der Waals surface area contributed by atoms with Gasteiger partial charge in [0.2, 0.25) is 17.5 Å². The standard InChI is InChI=1S/C23H38N2O4.CH4O3S/c1-21(2,13-24)14-25-20(26)12-15-3-5-22(6-4-15)27-23(29-28-22)18-8-16-7-17(10-18)11-19(23)9-16;1-5(2,3)4/h15-19H,3-14,24H2,1-2H3,(H,25,26);1H3,(H,2,3,4). The van der Waals surface area contributed by atoms with Crippen molar-refractivity contribution in [3.8, 4) is 0 Å². The van der Waals surface area contributed by atoms with Crippen molar-refractivity contribution in [1.82, 2.24) is 5.32 Å². The molecule has 196 valence electrons. The summed E-state index contributed by atoms with van der Waals surface area (Å²) in [6.45, 7) is 5.35. The van der Waals surface area contributed by atoms with E-state index in [0.29, 0.717) is 43.5 Å². The Labute approximate surface area is 203 Å². The van der Waals surface area contributed by atoms with Gasteiger partial charge in [0.15, 0.2) is 0 Å². The van der Waals surface area contributed by atoms with Gasteiger partial charge < -0.3 is 15.8 Å². The van der Waals surface area contributed by atoms with Gasteiger partial charge in [0.05, 0.1) is 6.26 Å². The average Bonchev–Trinajstić information content (AvgIpc) is 3.11. The SMILES string of the molecule is CC(C)(CN)CNC(=O)CC1CCC2(CC1)OOC1(O2)C2CC3CC(C2)CC1C3.CS(=O)(=O)O. The lowest BCUT2D eigenvalue weighted by atomic mass is 9.53. The molecule has 1 amide bonds. The normalized spacial score (nSPS) is 40.9. The lowest BCUT2D eigenvalue weighted by molar-refractivity contribution is -0.390. The molecule has 0 atom stereocenters. The molecule has 9 nitrogen and oxygen atoms in total. The van der Waals surface area contributed by atoms with Gasteiger partial charge in [-0.3, -0.25) is 9.35 Å². The first-order valence-electron chi connectivity index (χ1n) is 12.8. The summed E-state index contributed by atoms with van der Waals surface area (Å²) in [5.74, 6) is 2.24. The van der Waals surface area contributed by atoms with Crippen molar-refractivity contribution in [2.45, 2.75) is 89.6 Å². The van der Waals surface area contributed by atoms with Gasteiger partial charge in [0.25, 0.3) is 10.1 Å². The molecule has 0 unspecified atom stereocenters. The summed E-state index contributed by atoms with van der Waals surface area (Å²) >= 11 is 0. The van der Waals surface area contributed by atoms with Crippen molar-refractivity contribution >= 4 is 16.0 Å². The Hall–Kier alpha value is -0.780. The topological polar surface area (TPSA) is 137 Å². The maximum atomic E-state index is 12.4. The molecule has 1 heterocycles. The second-order valence-corrected chi connectivity index (χ2v) is 13.7. The molecule has 10 heteroatoms. The molecule has 34 heavy (non-hydrogen) atoms. The third kappa shape index (κ3) is 5.95. The predicted molar refractivity (Wildman–Crippen MR) is 126 cm³/mol. The van der Waals surface area contributed by atoms with Crippen LogP contribution in [0.4, 0.5) is 0 Å². The molecule has 4 bridgehead atoms. The van der Waals surface area contributed by atoms with Crippen molar-refractivity contribution in [1.29, 1.82) is 0 Å². The maximum Gasteiger partial charge on any atom is 0.261 e. The van der Waals surface area contributed by atoms with E-state index in [4.69, 9.17) is 24.8 Å². The van der Waals surface area contributed by atoms with Crippen LogP contribution in [0.5, 0.6) is 0 Å². The summed E-state index contributed by atoms with van der Waals surface area (Å²) in [4.78, 5) is 24.4. The molecule has 0 aromatic rings. The van der Waals surface area contributed by atoms with Gasteiger partial charge in [-0.1, -0.05) is 13.8 Å². The molecule has 5 saturated carbocycles. The quantitative estimate of drug-likeness (QED) is 0.385. The molecule has 0 radical (unpaired) electrons. The highest BCUT2D eigenvalue weighted by Gasteiger charge is 2.66. The number of nitrogens with two attached hydrogens (primary N) is 1. The largest absolute Gasteiger partial charge is 0.356 e. The van der Waals surface area contributed by atoms with Crippen LogP contribution in [0.3, 0.4) is 0 Å². The lowest BCUT2D eigenvalue weighted by Crippen LogP contribution is -2.59. The fraction of sp³-hybridized carbons (Fsp3) is 0.958. The number of rotatable bonds is 5. The van der Waals surface area contributed by atoms with Crippen LogP contribution in [0.25, 0.3) is 0 Å². The molecule has 5 aliphatic carbocycles. The van der Waals surface area contributed by atoms with Crippen LogP contribution < -0.4 is 11.1 Å². The molecule has 6 fully saturated rings. The van der Waals surface area contributed by atoms with Crippen LogP contribution in [0.2, 0.25) is 0 Å². The minimum atomic E-state index is -3.67. The van der Waals surface area contributed by atoms with E-state index < -0.39 is 21.7 Å². The molecule has 0 aromatic heterocycles. The summed E-state index contributed by atoms with van der Waals surface area (Å²) in [6, 6.07) is 0. The summed E-state index contributed by atoms with van der Waals surface area (Å²) < 4.78 is 32.6. The Bertz CT molecular complexity index is 815. The van der Waals surface area contributed by atoms with E-state index in [9.17, 15) is 13.2 Å². The van der Waals surface area contributed by atoms with Crippen LogP contribution in [-0.4, -0.2) is 49.8 Å². The Morgan fingerprint density at radius 3 is 2.09 bits per heavy atom. The monoisotopic (exact) mass is 502 g/mol. The van der Waals surface area contributed by atoms with Gasteiger partial charge in [0, 0.05) is 37.6 Å². The summed E-state index contributed by atoms with van der Waals surface area (Å²) in [5.41, 5.74) is 5.70. The molecule has 4 N–H and O–H groups in total. The number of ether oxygens (including phenoxy) is 1. The Kier molecular flexibility index (Phi) is 7.42. The van der Waals surface area contributed by atoms with E-state index in [2.05, 4.69) is 19.2 Å². The van der Waals surface area contributed by atoms with Crippen molar-refractivity contribution in [3.63, 3.8) is 0 Å². The number of hydrogen-bond acceptors (Lipinski definition) is 7. The summed E-state index contributed by atoms with van der Waals surface area (Å²) in [6.07, 6.45) is 11.2. The molecule has 6 rings (SSSR count). The zero-order chi connectivity index (χ0) is 24.8.